The number of rotatable bonds is 39. The van der Waals surface area contributed by atoms with E-state index in [0.717, 1.165) is 83.5 Å². The predicted molar refractivity (Wildman–Crippen MR) is 250 cm³/mol. The molecule has 15 heteroatoms. The van der Waals surface area contributed by atoms with Crippen LogP contribution in [-0.2, 0) is 32.7 Å². The molecule has 1 fully saturated rings. The van der Waals surface area contributed by atoms with Gasteiger partial charge in [-0.2, -0.15) is 0 Å². The zero-order valence-corrected chi connectivity index (χ0v) is 39.8. The van der Waals surface area contributed by atoms with Crippen LogP contribution in [0.3, 0.4) is 0 Å². The van der Waals surface area contributed by atoms with Crippen LogP contribution >= 0.6 is 7.82 Å². The molecule has 0 radical (unpaired) electrons. The molecule has 0 saturated heterocycles. The molecule has 0 spiro atoms. The number of carbonyl (C=O) groups excluding carboxylic acids is 2. The number of ether oxygens (including phenoxy) is 2. The van der Waals surface area contributed by atoms with Crippen LogP contribution in [-0.4, -0.2) is 110 Å². The molecule has 0 bridgehead atoms. The van der Waals surface area contributed by atoms with E-state index < -0.39 is 75.7 Å². The van der Waals surface area contributed by atoms with Crippen LogP contribution in [0.5, 0.6) is 0 Å². The van der Waals surface area contributed by atoms with Crippen LogP contribution in [0.4, 0.5) is 0 Å². The normalized spacial score (nSPS) is 22.6. The minimum atomic E-state index is -5.14. The summed E-state index contributed by atoms with van der Waals surface area (Å²) >= 11 is 0. The van der Waals surface area contributed by atoms with Crippen LogP contribution in [0, 0.1) is 0 Å². The first-order valence-electron chi connectivity index (χ1n) is 24.2. The van der Waals surface area contributed by atoms with Crippen molar-refractivity contribution in [1.82, 2.24) is 0 Å². The van der Waals surface area contributed by atoms with Gasteiger partial charge >= 0.3 is 19.8 Å². The molecule has 0 aliphatic heterocycles. The van der Waals surface area contributed by atoms with Crippen molar-refractivity contribution >= 4 is 19.8 Å². The summed E-state index contributed by atoms with van der Waals surface area (Å²) in [6, 6.07) is 0. The molecule has 0 aromatic rings. The van der Waals surface area contributed by atoms with Crippen LogP contribution < -0.4 is 0 Å². The molecule has 0 aromatic carbocycles. The van der Waals surface area contributed by atoms with E-state index in [2.05, 4.69) is 56.4 Å². The second-order valence-electron chi connectivity index (χ2n) is 16.8. The molecular formula is C49H85O14P. The Morgan fingerprint density at radius 2 is 1.00 bits per heavy atom. The van der Waals surface area contributed by atoms with Crippen molar-refractivity contribution in [3.8, 4) is 0 Å². The number of unbranched alkanes of at least 4 members (excludes halogenated alkanes) is 14. The molecule has 1 aliphatic carbocycles. The number of aliphatic hydroxyl groups excluding tert-OH is 6. The van der Waals surface area contributed by atoms with Crippen LogP contribution in [0.15, 0.2) is 60.8 Å². The summed E-state index contributed by atoms with van der Waals surface area (Å²) in [6.07, 6.45) is 30.5. The Hall–Kier alpha value is -2.49. The van der Waals surface area contributed by atoms with Crippen molar-refractivity contribution in [2.45, 2.75) is 223 Å². The fourth-order valence-electron chi connectivity index (χ4n) is 7.00. The Bertz CT molecular complexity index is 1370. The molecule has 7 N–H and O–H groups in total. The van der Waals surface area contributed by atoms with E-state index in [4.69, 9.17) is 18.5 Å². The third kappa shape index (κ3) is 30.7. The Kier molecular flexibility index (Phi) is 35.9. The Balaban J connectivity index is 2.49. The quantitative estimate of drug-likeness (QED) is 0.0132. The lowest BCUT2D eigenvalue weighted by Crippen LogP contribution is -2.64. The van der Waals surface area contributed by atoms with E-state index in [1.807, 2.05) is 18.2 Å². The van der Waals surface area contributed by atoms with Gasteiger partial charge in [0.2, 0.25) is 0 Å². The van der Waals surface area contributed by atoms with Gasteiger partial charge in [-0.1, -0.05) is 145 Å². The van der Waals surface area contributed by atoms with Crippen molar-refractivity contribution in [2.24, 2.45) is 0 Å². The largest absolute Gasteiger partial charge is 0.472 e. The zero-order chi connectivity index (χ0) is 47.3. The van der Waals surface area contributed by atoms with Crippen molar-refractivity contribution in [3.63, 3.8) is 0 Å². The third-order valence-corrected chi connectivity index (χ3v) is 11.9. The first kappa shape index (κ1) is 59.5. The topological polar surface area (TPSA) is 230 Å². The van der Waals surface area contributed by atoms with Crippen LogP contribution in [0.1, 0.15) is 174 Å². The minimum Gasteiger partial charge on any atom is -0.462 e. The summed E-state index contributed by atoms with van der Waals surface area (Å²) in [4.78, 5) is 35.7. The maximum atomic E-state index is 12.8. The van der Waals surface area contributed by atoms with Gasteiger partial charge in [0.15, 0.2) is 6.10 Å². The number of hydrogen-bond acceptors (Lipinski definition) is 13. The first-order chi connectivity index (χ1) is 30.8. The number of phosphoric ester groups is 1. The lowest BCUT2D eigenvalue weighted by Gasteiger charge is -2.41. The minimum absolute atomic E-state index is 0.0706. The highest BCUT2D eigenvalue weighted by atomic mass is 31.2. The second kappa shape index (κ2) is 38.6. The van der Waals surface area contributed by atoms with E-state index in [-0.39, 0.29) is 18.9 Å². The van der Waals surface area contributed by atoms with Gasteiger partial charge in [0.05, 0.1) is 12.7 Å². The van der Waals surface area contributed by atoms with E-state index in [1.54, 1.807) is 0 Å². The van der Waals surface area contributed by atoms with E-state index >= 15 is 0 Å². The summed E-state index contributed by atoms with van der Waals surface area (Å²) < 4.78 is 33.5. The average molecular weight is 929 g/mol. The fourth-order valence-corrected chi connectivity index (χ4v) is 7.97. The van der Waals surface area contributed by atoms with Crippen molar-refractivity contribution in [3.05, 3.63) is 60.8 Å². The van der Waals surface area contributed by atoms with Crippen molar-refractivity contribution in [2.75, 3.05) is 13.2 Å². The number of carbonyl (C=O) groups is 2. The third-order valence-electron chi connectivity index (χ3n) is 10.9. The first-order valence-corrected chi connectivity index (χ1v) is 25.7. The molecule has 1 saturated carbocycles. The lowest BCUT2D eigenvalue weighted by atomic mass is 9.85. The van der Waals surface area contributed by atoms with E-state index in [0.29, 0.717) is 25.7 Å². The molecular weight excluding hydrogens is 843 g/mol. The highest BCUT2D eigenvalue weighted by molar-refractivity contribution is 7.47. The molecule has 4 unspecified atom stereocenters. The summed E-state index contributed by atoms with van der Waals surface area (Å²) in [5.74, 6) is -1.19. The van der Waals surface area contributed by atoms with Crippen LogP contribution in [0.25, 0.3) is 0 Å². The standard InChI is InChI=1S/C49H85O14P/c1-3-5-6-7-8-9-10-11-12-13-14-17-21-24-27-30-33-37-43(52)62-41(39-61-64(58,59)63-49-47(56)45(54)44(53)46(55)48(49)57)38-60-42(51)36-32-29-26-23-20-18-15-16-19-22-25-28-31-35-40(50)34-4-2/h11-12,15,18-19,22-23,26,28,31,40-41,44-50,53-57H,3-10,13-14,16-17,20-21,24-25,27,29-30,32-39H2,1-2H3,(H,58,59)/b12-11-,18-15-,22-19-,26-23-,31-28-/t40?,41-,44?,45-,46+,47-,48-,49?/m1/s1. The Morgan fingerprint density at radius 1 is 0.547 bits per heavy atom. The lowest BCUT2D eigenvalue weighted by molar-refractivity contribution is -0.220. The van der Waals surface area contributed by atoms with Gasteiger partial charge in [0.25, 0.3) is 0 Å². The van der Waals surface area contributed by atoms with Gasteiger partial charge in [0.1, 0.15) is 43.2 Å². The van der Waals surface area contributed by atoms with E-state index in [9.17, 15) is 49.7 Å². The van der Waals surface area contributed by atoms with Gasteiger partial charge in [-0.25, -0.2) is 4.57 Å². The smallest absolute Gasteiger partial charge is 0.462 e. The SMILES string of the molecule is CCCCCCCC/C=C\CCCCCCCCCC(=O)O[C@H](COC(=O)CCC/C=C\C/C=C\C/C=C\C/C=C\CC(O)CCC)COP(=O)(O)OC1[C@H](O)[C@H](O)C(O)[C@H](O)[C@H]1O. The number of hydrogen-bond donors (Lipinski definition) is 7. The maximum Gasteiger partial charge on any atom is 0.472 e. The van der Waals surface area contributed by atoms with Crippen molar-refractivity contribution in [1.29, 1.82) is 0 Å². The number of phosphoric acid groups is 1. The molecule has 1 aliphatic rings. The summed E-state index contributed by atoms with van der Waals surface area (Å²) in [5.41, 5.74) is 0. The Labute approximate surface area is 384 Å². The van der Waals surface area contributed by atoms with Gasteiger partial charge in [-0.05, 0) is 77.0 Å². The summed E-state index contributed by atoms with van der Waals surface area (Å²) in [7, 11) is -5.14. The number of allylic oxidation sites excluding steroid dienone is 9. The average Bonchev–Trinajstić information content (AvgIpc) is 3.27. The molecule has 1 rings (SSSR count). The van der Waals surface area contributed by atoms with Gasteiger partial charge < -0.3 is 45.0 Å². The molecule has 370 valence electrons. The fraction of sp³-hybridized carbons (Fsp3) is 0.755. The van der Waals surface area contributed by atoms with Crippen LogP contribution in [0.2, 0.25) is 0 Å². The highest BCUT2D eigenvalue weighted by Gasteiger charge is 2.51. The highest BCUT2D eigenvalue weighted by Crippen LogP contribution is 2.47. The van der Waals surface area contributed by atoms with E-state index in [1.165, 1.54) is 38.5 Å². The van der Waals surface area contributed by atoms with Gasteiger partial charge in [0, 0.05) is 12.8 Å². The predicted octanol–water partition coefficient (Wildman–Crippen LogP) is 8.70. The molecule has 0 heterocycles. The maximum absolute atomic E-state index is 12.8. The van der Waals surface area contributed by atoms with Gasteiger partial charge in [-0.15, -0.1) is 0 Å². The molecule has 9 atom stereocenters. The second-order valence-corrected chi connectivity index (χ2v) is 18.2. The summed E-state index contributed by atoms with van der Waals surface area (Å²) in [5, 5.41) is 59.9. The van der Waals surface area contributed by atoms with Gasteiger partial charge in [-0.3, -0.25) is 18.6 Å². The molecule has 0 amide bonds. The number of esters is 2. The molecule has 14 nitrogen and oxygen atoms in total. The van der Waals surface area contributed by atoms with Crippen molar-refractivity contribution < 1.29 is 68.2 Å². The molecule has 64 heavy (non-hydrogen) atoms. The Morgan fingerprint density at radius 3 is 1.56 bits per heavy atom. The monoisotopic (exact) mass is 929 g/mol. The summed E-state index contributed by atoms with van der Waals surface area (Å²) in [6.45, 7) is 3.05. The zero-order valence-electron chi connectivity index (χ0n) is 38.9. The number of aliphatic hydroxyl groups is 6. The molecule has 0 aromatic heterocycles.